The van der Waals surface area contributed by atoms with Gasteiger partial charge < -0.3 is 16.0 Å². The van der Waals surface area contributed by atoms with E-state index in [-0.39, 0.29) is 0 Å². The van der Waals surface area contributed by atoms with Crippen molar-refractivity contribution in [2.45, 2.75) is 19.8 Å². The van der Waals surface area contributed by atoms with Crippen LogP contribution in [0.5, 0.6) is 0 Å². The summed E-state index contributed by atoms with van der Waals surface area (Å²) >= 11 is 0. The molecule has 126 valence electrons. The van der Waals surface area contributed by atoms with E-state index in [2.05, 4.69) is 43.4 Å². The molecule has 0 spiro atoms. The van der Waals surface area contributed by atoms with Crippen molar-refractivity contribution in [3.05, 3.63) is 60.0 Å². The Kier molecular flexibility index (Phi) is 3.93. The summed E-state index contributed by atoms with van der Waals surface area (Å²) in [6.07, 6.45) is 5.45. The van der Waals surface area contributed by atoms with Crippen molar-refractivity contribution in [2.75, 3.05) is 22.5 Å². The molecule has 0 amide bonds. The van der Waals surface area contributed by atoms with Gasteiger partial charge in [-0.25, -0.2) is 15.0 Å². The van der Waals surface area contributed by atoms with Crippen molar-refractivity contribution in [1.29, 1.82) is 0 Å². The van der Waals surface area contributed by atoms with Gasteiger partial charge in [0.1, 0.15) is 17.8 Å². The van der Waals surface area contributed by atoms with Crippen LogP contribution in [0.4, 0.5) is 28.8 Å². The topological polar surface area (TPSA) is 80.0 Å². The molecule has 1 aromatic carbocycles. The van der Waals surface area contributed by atoms with Crippen LogP contribution in [0, 0.1) is 6.92 Å². The van der Waals surface area contributed by atoms with Crippen LogP contribution >= 0.6 is 0 Å². The van der Waals surface area contributed by atoms with Crippen LogP contribution in [0.15, 0.2) is 48.9 Å². The lowest BCUT2D eigenvalue weighted by Crippen LogP contribution is -2.26. The Morgan fingerprint density at radius 1 is 1.12 bits per heavy atom. The summed E-state index contributed by atoms with van der Waals surface area (Å²) in [6.45, 7) is 2.91. The lowest BCUT2D eigenvalue weighted by Gasteiger charge is -2.31. The van der Waals surface area contributed by atoms with Gasteiger partial charge in [0.15, 0.2) is 11.6 Å². The zero-order valence-corrected chi connectivity index (χ0v) is 14.1. The molecule has 0 radical (unpaired) electrons. The van der Waals surface area contributed by atoms with Crippen LogP contribution in [0.3, 0.4) is 0 Å². The Labute approximate surface area is 146 Å². The van der Waals surface area contributed by atoms with E-state index in [4.69, 9.17) is 5.73 Å². The first-order chi connectivity index (χ1) is 12.2. The molecule has 0 saturated carbocycles. The highest BCUT2D eigenvalue weighted by atomic mass is 15.2. The largest absolute Gasteiger partial charge is 0.393 e. The Morgan fingerprint density at radius 2 is 2.00 bits per heavy atom. The van der Waals surface area contributed by atoms with Crippen LogP contribution in [0.2, 0.25) is 0 Å². The number of nitrogen functional groups attached to an aromatic ring is 1. The Bertz CT molecular complexity index is 908. The van der Waals surface area contributed by atoms with Crippen molar-refractivity contribution in [3.8, 4) is 0 Å². The van der Waals surface area contributed by atoms with Gasteiger partial charge in [0.2, 0.25) is 0 Å². The van der Waals surface area contributed by atoms with E-state index in [1.54, 1.807) is 12.5 Å². The minimum absolute atomic E-state index is 0.530. The van der Waals surface area contributed by atoms with Crippen molar-refractivity contribution < 1.29 is 0 Å². The van der Waals surface area contributed by atoms with E-state index >= 15 is 0 Å². The molecule has 0 unspecified atom stereocenters. The maximum Gasteiger partial charge on any atom is 0.161 e. The number of anilines is 5. The number of nitrogens with two attached hydrogens (primary N) is 1. The Hall–Kier alpha value is -3.15. The smallest absolute Gasteiger partial charge is 0.161 e. The molecule has 0 bridgehead atoms. The van der Waals surface area contributed by atoms with Crippen molar-refractivity contribution in [3.63, 3.8) is 0 Å². The second-order valence-electron chi connectivity index (χ2n) is 6.19. The summed E-state index contributed by atoms with van der Waals surface area (Å²) in [5, 5.41) is 3.20. The van der Waals surface area contributed by atoms with Gasteiger partial charge in [-0.2, -0.15) is 0 Å². The zero-order chi connectivity index (χ0) is 17.2. The number of aryl methyl sites for hydroxylation is 2. The molecular formula is C19H20N6. The summed E-state index contributed by atoms with van der Waals surface area (Å²) in [5.74, 6) is 2.03. The van der Waals surface area contributed by atoms with Gasteiger partial charge >= 0.3 is 0 Å². The number of para-hydroxylation sites is 1. The van der Waals surface area contributed by atoms with Gasteiger partial charge in [0.05, 0.1) is 0 Å². The molecule has 3 N–H and O–H groups in total. The molecular weight excluding hydrogens is 312 g/mol. The summed E-state index contributed by atoms with van der Waals surface area (Å²) in [5.41, 5.74) is 10.5. The third kappa shape index (κ3) is 2.98. The fraction of sp³-hybridized carbons (Fsp3) is 0.211. The van der Waals surface area contributed by atoms with Gasteiger partial charge in [-0.15, -0.1) is 0 Å². The van der Waals surface area contributed by atoms with Gasteiger partial charge in [-0.3, -0.25) is 0 Å². The number of pyridine rings is 1. The van der Waals surface area contributed by atoms with E-state index in [0.717, 1.165) is 36.6 Å². The molecule has 2 aromatic heterocycles. The predicted molar refractivity (Wildman–Crippen MR) is 100 cm³/mol. The third-order valence-electron chi connectivity index (χ3n) is 4.39. The van der Waals surface area contributed by atoms with Crippen LogP contribution in [0.25, 0.3) is 0 Å². The van der Waals surface area contributed by atoms with E-state index in [1.807, 2.05) is 25.1 Å². The highest BCUT2D eigenvalue weighted by Gasteiger charge is 2.22. The van der Waals surface area contributed by atoms with E-state index < -0.39 is 0 Å². The van der Waals surface area contributed by atoms with E-state index in [0.29, 0.717) is 11.5 Å². The summed E-state index contributed by atoms with van der Waals surface area (Å²) in [4.78, 5) is 15.2. The maximum atomic E-state index is 6.40. The number of hydrogen-bond acceptors (Lipinski definition) is 6. The molecule has 1 aliphatic rings. The molecule has 0 aliphatic carbocycles. The van der Waals surface area contributed by atoms with Crippen molar-refractivity contribution in [1.82, 2.24) is 15.0 Å². The number of fused-ring (bicyclic) bond motifs is 1. The minimum atomic E-state index is 0.530. The minimum Gasteiger partial charge on any atom is -0.393 e. The van der Waals surface area contributed by atoms with Crippen LogP contribution in [-0.2, 0) is 6.42 Å². The van der Waals surface area contributed by atoms with Crippen LogP contribution in [-0.4, -0.2) is 21.5 Å². The van der Waals surface area contributed by atoms with Crippen LogP contribution in [0.1, 0.15) is 17.5 Å². The second-order valence-corrected chi connectivity index (χ2v) is 6.19. The second kappa shape index (κ2) is 6.39. The lowest BCUT2D eigenvalue weighted by molar-refractivity contribution is 0.759. The third-order valence-corrected chi connectivity index (χ3v) is 4.39. The average Bonchev–Trinajstić information content (AvgIpc) is 2.63. The Balaban J connectivity index is 1.71. The molecule has 3 aromatic rings. The summed E-state index contributed by atoms with van der Waals surface area (Å²) in [6, 6.07) is 12.3. The number of nitrogens with zero attached hydrogens (tertiary/aromatic N) is 4. The average molecular weight is 332 g/mol. The highest BCUT2D eigenvalue weighted by molar-refractivity contribution is 5.82. The van der Waals surface area contributed by atoms with E-state index in [1.165, 1.54) is 11.3 Å². The maximum absolute atomic E-state index is 6.40. The quantitative estimate of drug-likeness (QED) is 0.763. The number of aromatic nitrogens is 3. The molecule has 0 atom stereocenters. The fourth-order valence-corrected chi connectivity index (χ4v) is 3.18. The monoisotopic (exact) mass is 332 g/mol. The molecule has 25 heavy (non-hydrogen) atoms. The van der Waals surface area contributed by atoms with Gasteiger partial charge in [0.25, 0.3) is 0 Å². The predicted octanol–water partition coefficient (Wildman–Crippen LogP) is 3.59. The highest BCUT2D eigenvalue weighted by Crippen LogP contribution is 2.37. The summed E-state index contributed by atoms with van der Waals surface area (Å²) < 4.78 is 0. The normalized spacial score (nSPS) is 13.4. The number of hydrogen-bond donors (Lipinski definition) is 2. The first kappa shape index (κ1) is 15.4. The number of nitrogens with one attached hydrogen (secondary N) is 1. The molecule has 0 saturated heterocycles. The molecule has 1 aliphatic heterocycles. The molecule has 4 rings (SSSR count). The van der Waals surface area contributed by atoms with Crippen molar-refractivity contribution in [2.24, 2.45) is 0 Å². The summed E-state index contributed by atoms with van der Waals surface area (Å²) in [7, 11) is 0. The van der Waals surface area contributed by atoms with E-state index in [9.17, 15) is 0 Å². The Morgan fingerprint density at radius 3 is 2.88 bits per heavy atom. The standard InChI is InChI=1S/C19H20N6/c1-13-8-9-21-16(11-13)24-18-17(20)19(23-12-22-18)25-10-4-6-14-5-2-3-7-15(14)25/h2-3,5,7-9,11-12H,4,6,10,20H2,1H3,(H,21,22,23,24). The number of rotatable bonds is 3. The SMILES string of the molecule is Cc1ccnc(Nc2ncnc(N3CCCc4ccccc43)c2N)c1. The number of benzene rings is 1. The molecule has 0 fully saturated rings. The van der Waals surface area contributed by atoms with Crippen LogP contribution < -0.4 is 16.0 Å². The first-order valence-electron chi connectivity index (χ1n) is 8.38. The van der Waals surface area contributed by atoms with Crippen molar-refractivity contribution >= 4 is 28.8 Å². The molecule has 6 heteroatoms. The van der Waals surface area contributed by atoms with Gasteiger partial charge in [-0.05, 0) is 49.1 Å². The molecule has 6 nitrogen and oxygen atoms in total. The fourth-order valence-electron chi connectivity index (χ4n) is 3.18. The zero-order valence-electron chi connectivity index (χ0n) is 14.1. The first-order valence-corrected chi connectivity index (χ1v) is 8.38. The van der Waals surface area contributed by atoms with Gasteiger partial charge in [0, 0.05) is 18.4 Å². The van der Waals surface area contributed by atoms with Gasteiger partial charge in [-0.1, -0.05) is 18.2 Å². The lowest BCUT2D eigenvalue weighted by atomic mass is 10.0. The molecule has 3 heterocycles.